The van der Waals surface area contributed by atoms with Crippen molar-refractivity contribution in [3.8, 4) is 0 Å². The van der Waals surface area contributed by atoms with Crippen LogP contribution in [0.4, 0.5) is 4.79 Å². The van der Waals surface area contributed by atoms with Gasteiger partial charge in [0.15, 0.2) is 0 Å². The number of rotatable bonds is 5. The SMILES string of the molecule is O=C(NC1CCCC1)N(CCc1nccs1)C1CC1. The third-order valence-corrected chi connectivity index (χ3v) is 4.82. The van der Waals surface area contributed by atoms with Crippen molar-refractivity contribution in [1.82, 2.24) is 15.2 Å². The van der Waals surface area contributed by atoms with E-state index in [2.05, 4.69) is 10.3 Å². The van der Waals surface area contributed by atoms with Crippen molar-refractivity contribution < 1.29 is 4.79 Å². The molecule has 0 bridgehead atoms. The topological polar surface area (TPSA) is 45.2 Å². The second-order valence-electron chi connectivity index (χ2n) is 5.53. The lowest BCUT2D eigenvalue weighted by molar-refractivity contribution is 0.191. The molecule has 0 radical (unpaired) electrons. The van der Waals surface area contributed by atoms with Crippen LogP contribution in [0.25, 0.3) is 0 Å². The Morgan fingerprint density at radius 1 is 1.37 bits per heavy atom. The molecule has 0 aliphatic heterocycles. The summed E-state index contributed by atoms with van der Waals surface area (Å²) in [6, 6.07) is 1.03. The number of hydrogen-bond acceptors (Lipinski definition) is 3. The van der Waals surface area contributed by atoms with Crippen molar-refractivity contribution in [2.75, 3.05) is 6.54 Å². The monoisotopic (exact) mass is 279 g/mol. The molecule has 2 saturated carbocycles. The van der Waals surface area contributed by atoms with Gasteiger partial charge in [0.05, 0.1) is 5.01 Å². The Morgan fingerprint density at radius 3 is 2.79 bits per heavy atom. The predicted molar refractivity (Wildman–Crippen MR) is 76.3 cm³/mol. The maximum atomic E-state index is 12.3. The number of amides is 2. The lowest BCUT2D eigenvalue weighted by Crippen LogP contribution is -2.45. The van der Waals surface area contributed by atoms with E-state index in [1.807, 2.05) is 16.5 Å². The maximum absolute atomic E-state index is 12.3. The number of thiazole rings is 1. The Labute approximate surface area is 118 Å². The zero-order valence-corrected chi connectivity index (χ0v) is 12.0. The number of hydrogen-bond donors (Lipinski definition) is 1. The fourth-order valence-electron chi connectivity index (χ4n) is 2.76. The first kappa shape index (κ1) is 12.9. The van der Waals surface area contributed by atoms with Gasteiger partial charge >= 0.3 is 6.03 Å². The molecule has 1 N–H and O–H groups in total. The summed E-state index contributed by atoms with van der Waals surface area (Å²) in [5.41, 5.74) is 0. The van der Waals surface area contributed by atoms with E-state index >= 15 is 0 Å². The molecule has 4 nitrogen and oxygen atoms in total. The number of carbonyl (C=O) groups excluding carboxylic acids is 1. The molecule has 0 atom stereocenters. The molecule has 2 aliphatic carbocycles. The Kier molecular flexibility index (Phi) is 4.01. The van der Waals surface area contributed by atoms with E-state index in [-0.39, 0.29) is 6.03 Å². The molecule has 2 aliphatic rings. The Morgan fingerprint density at radius 2 is 2.16 bits per heavy atom. The average Bonchev–Trinajstić information content (AvgIpc) is 2.91. The van der Waals surface area contributed by atoms with Gasteiger partial charge in [0.2, 0.25) is 0 Å². The molecule has 2 fully saturated rings. The minimum absolute atomic E-state index is 0.144. The Bertz CT molecular complexity index is 410. The highest BCUT2D eigenvalue weighted by atomic mass is 32.1. The molecule has 1 aromatic heterocycles. The van der Waals surface area contributed by atoms with E-state index in [0.29, 0.717) is 12.1 Å². The third kappa shape index (κ3) is 3.47. The van der Waals surface area contributed by atoms with Crippen LogP contribution >= 0.6 is 11.3 Å². The smallest absolute Gasteiger partial charge is 0.317 e. The fraction of sp³-hybridized carbons (Fsp3) is 0.714. The standard InChI is InChI=1S/C14H21N3OS/c18-14(16-11-3-1-2-4-11)17(12-5-6-12)9-7-13-15-8-10-19-13/h8,10-12H,1-7,9H2,(H,16,18). The maximum Gasteiger partial charge on any atom is 0.317 e. The fourth-order valence-corrected chi connectivity index (χ4v) is 3.37. The highest BCUT2D eigenvalue weighted by molar-refractivity contribution is 7.09. The first-order valence-corrected chi connectivity index (χ1v) is 8.16. The minimum Gasteiger partial charge on any atom is -0.335 e. The molecule has 1 aromatic rings. The van der Waals surface area contributed by atoms with Crippen molar-refractivity contribution in [2.45, 2.75) is 57.0 Å². The number of carbonyl (C=O) groups is 1. The van der Waals surface area contributed by atoms with Gasteiger partial charge in [-0.1, -0.05) is 12.8 Å². The highest BCUT2D eigenvalue weighted by Crippen LogP contribution is 2.28. The van der Waals surface area contributed by atoms with Gasteiger partial charge in [-0.3, -0.25) is 0 Å². The van der Waals surface area contributed by atoms with Crippen molar-refractivity contribution in [1.29, 1.82) is 0 Å². The molecule has 1 heterocycles. The molecule has 0 saturated heterocycles. The van der Waals surface area contributed by atoms with Crippen LogP contribution in [0.15, 0.2) is 11.6 Å². The van der Waals surface area contributed by atoms with E-state index in [1.54, 1.807) is 11.3 Å². The second-order valence-corrected chi connectivity index (χ2v) is 6.51. The van der Waals surface area contributed by atoms with Crippen LogP contribution in [-0.4, -0.2) is 34.5 Å². The largest absolute Gasteiger partial charge is 0.335 e. The van der Waals surface area contributed by atoms with Crippen LogP contribution in [0.3, 0.4) is 0 Å². The number of aromatic nitrogens is 1. The molecule has 5 heteroatoms. The van der Waals surface area contributed by atoms with E-state index in [4.69, 9.17) is 0 Å². The quantitative estimate of drug-likeness (QED) is 0.901. The van der Waals surface area contributed by atoms with E-state index in [9.17, 15) is 4.79 Å². The summed E-state index contributed by atoms with van der Waals surface area (Å²) in [4.78, 5) is 18.7. The lowest BCUT2D eigenvalue weighted by atomic mass is 10.2. The third-order valence-electron chi connectivity index (χ3n) is 3.98. The summed E-state index contributed by atoms with van der Waals surface area (Å²) in [6.45, 7) is 0.802. The van der Waals surface area contributed by atoms with Crippen LogP contribution in [0.1, 0.15) is 43.5 Å². The molecule has 104 valence electrons. The number of nitrogens with zero attached hydrogens (tertiary/aromatic N) is 2. The van der Waals surface area contributed by atoms with Gasteiger partial charge < -0.3 is 10.2 Å². The number of nitrogens with one attached hydrogen (secondary N) is 1. The van der Waals surface area contributed by atoms with E-state index < -0.39 is 0 Å². The van der Waals surface area contributed by atoms with E-state index in [0.717, 1.165) is 43.7 Å². The van der Waals surface area contributed by atoms with Gasteiger partial charge in [-0.15, -0.1) is 11.3 Å². The summed E-state index contributed by atoms with van der Waals surface area (Å²) in [5, 5.41) is 6.32. The first-order chi connectivity index (χ1) is 9.33. The van der Waals surface area contributed by atoms with Crippen molar-refractivity contribution in [2.24, 2.45) is 0 Å². The molecular weight excluding hydrogens is 258 g/mol. The molecule has 2 amide bonds. The van der Waals surface area contributed by atoms with E-state index in [1.165, 1.54) is 12.8 Å². The molecular formula is C14H21N3OS. The zero-order chi connectivity index (χ0) is 13.1. The summed E-state index contributed by atoms with van der Waals surface area (Å²) < 4.78 is 0. The van der Waals surface area contributed by atoms with Gasteiger partial charge in [0.1, 0.15) is 0 Å². The highest BCUT2D eigenvalue weighted by Gasteiger charge is 2.33. The zero-order valence-electron chi connectivity index (χ0n) is 11.2. The number of urea groups is 1. The molecule has 3 rings (SSSR count). The summed E-state index contributed by atoms with van der Waals surface area (Å²) in [6.07, 6.45) is 9.85. The van der Waals surface area contributed by atoms with Crippen LogP contribution < -0.4 is 5.32 Å². The van der Waals surface area contributed by atoms with Gasteiger partial charge in [-0.25, -0.2) is 9.78 Å². The van der Waals surface area contributed by atoms with Gasteiger partial charge in [0.25, 0.3) is 0 Å². The Hall–Kier alpha value is -1.10. The van der Waals surface area contributed by atoms with Crippen LogP contribution in [0.2, 0.25) is 0 Å². The molecule has 0 unspecified atom stereocenters. The summed E-state index contributed by atoms with van der Waals surface area (Å²) >= 11 is 1.67. The van der Waals surface area contributed by atoms with Gasteiger partial charge in [0, 0.05) is 36.6 Å². The van der Waals surface area contributed by atoms with Gasteiger partial charge in [-0.05, 0) is 25.7 Å². The average molecular weight is 279 g/mol. The predicted octanol–water partition coefficient (Wildman–Crippen LogP) is 2.80. The second kappa shape index (κ2) is 5.90. The Balaban J connectivity index is 1.52. The van der Waals surface area contributed by atoms with Crippen molar-refractivity contribution in [3.05, 3.63) is 16.6 Å². The van der Waals surface area contributed by atoms with Crippen molar-refractivity contribution in [3.63, 3.8) is 0 Å². The van der Waals surface area contributed by atoms with Crippen LogP contribution in [0, 0.1) is 0 Å². The molecule has 0 aromatic carbocycles. The van der Waals surface area contributed by atoms with Crippen LogP contribution in [-0.2, 0) is 6.42 Å². The minimum atomic E-state index is 0.144. The van der Waals surface area contributed by atoms with Gasteiger partial charge in [-0.2, -0.15) is 0 Å². The van der Waals surface area contributed by atoms with Crippen molar-refractivity contribution >= 4 is 17.4 Å². The molecule has 19 heavy (non-hydrogen) atoms. The first-order valence-electron chi connectivity index (χ1n) is 7.28. The van der Waals surface area contributed by atoms with Crippen LogP contribution in [0.5, 0.6) is 0 Å². The lowest BCUT2D eigenvalue weighted by Gasteiger charge is -2.24. The normalized spacial score (nSPS) is 19.6. The summed E-state index contributed by atoms with van der Waals surface area (Å²) in [7, 11) is 0. The molecule has 0 spiro atoms. The summed E-state index contributed by atoms with van der Waals surface area (Å²) in [5.74, 6) is 0.